The molecule has 7 heteroatoms. The Labute approximate surface area is 155 Å². The van der Waals surface area contributed by atoms with Gasteiger partial charge in [-0.1, -0.05) is 36.4 Å². The molecule has 0 aliphatic carbocycles. The third kappa shape index (κ3) is 3.27. The fourth-order valence-electron chi connectivity index (χ4n) is 3.32. The van der Waals surface area contributed by atoms with Crippen molar-refractivity contribution in [3.05, 3.63) is 66.5 Å². The van der Waals surface area contributed by atoms with Gasteiger partial charge < -0.3 is 9.88 Å². The third-order valence-electron chi connectivity index (χ3n) is 4.70. The molecule has 1 aliphatic rings. The molecule has 3 aromatic rings. The molecule has 0 radical (unpaired) electrons. The highest BCUT2D eigenvalue weighted by Gasteiger charge is 2.35. The minimum absolute atomic E-state index is 0.105. The largest absolute Gasteiger partial charge is 0.357 e. The van der Waals surface area contributed by atoms with Crippen LogP contribution >= 0.6 is 0 Å². The summed E-state index contributed by atoms with van der Waals surface area (Å²) in [7, 11) is 0. The van der Waals surface area contributed by atoms with Crippen molar-refractivity contribution in [2.24, 2.45) is 5.92 Å². The second kappa shape index (κ2) is 6.95. The first kappa shape index (κ1) is 16.8. The van der Waals surface area contributed by atoms with Gasteiger partial charge in [-0.3, -0.25) is 25.2 Å². The van der Waals surface area contributed by atoms with E-state index >= 15 is 0 Å². The van der Waals surface area contributed by atoms with Crippen LogP contribution in [0, 0.1) is 5.92 Å². The van der Waals surface area contributed by atoms with Gasteiger partial charge in [-0.15, -0.1) is 0 Å². The molecule has 0 saturated carbocycles. The van der Waals surface area contributed by atoms with E-state index in [2.05, 4.69) is 15.8 Å². The summed E-state index contributed by atoms with van der Waals surface area (Å²) in [6.45, 7) is 0.275. The quantitative estimate of drug-likeness (QED) is 0.622. The van der Waals surface area contributed by atoms with Gasteiger partial charge in [0.25, 0.3) is 5.91 Å². The van der Waals surface area contributed by atoms with E-state index in [1.165, 1.54) is 0 Å². The van der Waals surface area contributed by atoms with Crippen molar-refractivity contribution in [1.29, 1.82) is 0 Å². The maximum atomic E-state index is 12.5. The second-order valence-corrected chi connectivity index (χ2v) is 6.43. The number of amides is 3. The highest BCUT2D eigenvalue weighted by Crippen LogP contribution is 2.31. The number of rotatable bonds is 3. The molecule has 1 aliphatic heterocycles. The van der Waals surface area contributed by atoms with E-state index in [4.69, 9.17) is 0 Å². The lowest BCUT2D eigenvalue weighted by Crippen LogP contribution is -2.45. The fraction of sp³-hybridized carbons (Fsp3) is 0.150. The van der Waals surface area contributed by atoms with Crippen molar-refractivity contribution < 1.29 is 14.4 Å². The van der Waals surface area contributed by atoms with Crippen LogP contribution in [-0.4, -0.2) is 29.3 Å². The predicted molar refractivity (Wildman–Crippen MR) is 101 cm³/mol. The SMILES string of the molecule is O=C(NNC(=O)C1CC(=O)N(c2cccc3ccccc23)C1)c1ccc[nH]1. The Kier molecular flexibility index (Phi) is 4.33. The van der Waals surface area contributed by atoms with Crippen LogP contribution in [0.25, 0.3) is 10.8 Å². The maximum absolute atomic E-state index is 12.5. The van der Waals surface area contributed by atoms with Crippen LogP contribution in [-0.2, 0) is 9.59 Å². The average molecular weight is 362 g/mol. The lowest BCUT2D eigenvalue weighted by atomic mass is 10.1. The molecule has 3 amide bonds. The van der Waals surface area contributed by atoms with Crippen molar-refractivity contribution in [3.63, 3.8) is 0 Å². The smallest absolute Gasteiger partial charge is 0.286 e. The highest BCUT2D eigenvalue weighted by atomic mass is 16.2. The summed E-state index contributed by atoms with van der Waals surface area (Å²) in [6, 6.07) is 16.9. The Morgan fingerprint density at radius 2 is 1.81 bits per heavy atom. The standard InChI is InChI=1S/C20H18N4O3/c25-18-11-14(19(26)22-23-20(27)16-8-4-10-21-16)12-24(18)17-9-3-6-13-5-1-2-7-15(13)17/h1-10,14,21H,11-12H2,(H,22,26)(H,23,27). The van der Waals surface area contributed by atoms with Crippen molar-refractivity contribution in [3.8, 4) is 0 Å². The molecule has 1 unspecified atom stereocenters. The van der Waals surface area contributed by atoms with Crippen LogP contribution in [0.5, 0.6) is 0 Å². The molecule has 27 heavy (non-hydrogen) atoms. The van der Waals surface area contributed by atoms with E-state index in [0.717, 1.165) is 16.5 Å². The zero-order chi connectivity index (χ0) is 18.8. The number of H-pyrrole nitrogens is 1. The Morgan fingerprint density at radius 3 is 2.63 bits per heavy atom. The molecular weight excluding hydrogens is 344 g/mol. The number of fused-ring (bicyclic) bond motifs is 1. The number of benzene rings is 2. The molecule has 0 spiro atoms. The van der Waals surface area contributed by atoms with E-state index < -0.39 is 11.8 Å². The molecule has 136 valence electrons. The van der Waals surface area contributed by atoms with Crippen LogP contribution in [0.15, 0.2) is 60.8 Å². The van der Waals surface area contributed by atoms with Gasteiger partial charge in [0.1, 0.15) is 5.69 Å². The molecule has 1 fully saturated rings. The van der Waals surface area contributed by atoms with E-state index in [-0.39, 0.29) is 24.8 Å². The number of hydrogen-bond donors (Lipinski definition) is 3. The van der Waals surface area contributed by atoms with Crippen molar-refractivity contribution in [2.45, 2.75) is 6.42 Å². The number of aromatic nitrogens is 1. The van der Waals surface area contributed by atoms with Crippen LogP contribution in [0.3, 0.4) is 0 Å². The fourth-order valence-corrected chi connectivity index (χ4v) is 3.32. The molecule has 0 bridgehead atoms. The van der Waals surface area contributed by atoms with E-state index in [1.807, 2.05) is 42.5 Å². The Balaban J connectivity index is 1.45. The van der Waals surface area contributed by atoms with Gasteiger partial charge in [-0.25, -0.2) is 0 Å². The summed E-state index contributed by atoms with van der Waals surface area (Å²) >= 11 is 0. The summed E-state index contributed by atoms with van der Waals surface area (Å²) in [5, 5.41) is 2.00. The summed E-state index contributed by atoms with van der Waals surface area (Å²) in [4.78, 5) is 41.2. The van der Waals surface area contributed by atoms with E-state index in [1.54, 1.807) is 23.2 Å². The maximum Gasteiger partial charge on any atom is 0.286 e. The number of hydrogen-bond acceptors (Lipinski definition) is 3. The first-order chi connectivity index (χ1) is 13.1. The Hall–Kier alpha value is -3.61. The van der Waals surface area contributed by atoms with Gasteiger partial charge in [0, 0.05) is 24.5 Å². The summed E-state index contributed by atoms with van der Waals surface area (Å²) in [5.41, 5.74) is 5.90. The summed E-state index contributed by atoms with van der Waals surface area (Å²) < 4.78 is 0. The first-order valence-corrected chi connectivity index (χ1v) is 8.65. The number of carbonyl (C=O) groups is 3. The van der Waals surface area contributed by atoms with Gasteiger partial charge in [0.15, 0.2) is 0 Å². The Morgan fingerprint density at radius 1 is 1.00 bits per heavy atom. The molecule has 2 aromatic carbocycles. The number of anilines is 1. The van der Waals surface area contributed by atoms with Gasteiger partial charge in [0.05, 0.1) is 11.6 Å². The number of hydrazine groups is 1. The zero-order valence-electron chi connectivity index (χ0n) is 14.4. The van der Waals surface area contributed by atoms with Crippen molar-refractivity contribution in [1.82, 2.24) is 15.8 Å². The van der Waals surface area contributed by atoms with E-state index in [9.17, 15) is 14.4 Å². The zero-order valence-corrected chi connectivity index (χ0v) is 14.4. The molecule has 4 rings (SSSR count). The van der Waals surface area contributed by atoms with E-state index in [0.29, 0.717) is 5.69 Å². The lowest BCUT2D eigenvalue weighted by Gasteiger charge is -2.19. The molecule has 1 atom stereocenters. The summed E-state index contributed by atoms with van der Waals surface area (Å²) in [6.07, 6.45) is 1.72. The average Bonchev–Trinajstić information content (AvgIpc) is 3.35. The van der Waals surface area contributed by atoms with Crippen molar-refractivity contribution in [2.75, 3.05) is 11.4 Å². The van der Waals surface area contributed by atoms with Crippen LogP contribution in [0.4, 0.5) is 5.69 Å². The minimum atomic E-state index is -0.527. The number of nitrogens with zero attached hydrogens (tertiary/aromatic N) is 1. The molecule has 1 saturated heterocycles. The number of carbonyl (C=O) groups excluding carboxylic acids is 3. The normalized spacial score (nSPS) is 16.5. The highest BCUT2D eigenvalue weighted by molar-refractivity contribution is 6.07. The van der Waals surface area contributed by atoms with Gasteiger partial charge >= 0.3 is 0 Å². The van der Waals surface area contributed by atoms with Crippen LogP contribution < -0.4 is 15.8 Å². The summed E-state index contributed by atoms with van der Waals surface area (Å²) in [5.74, 6) is -1.46. The monoisotopic (exact) mass is 362 g/mol. The molecule has 7 nitrogen and oxygen atoms in total. The van der Waals surface area contributed by atoms with Crippen LogP contribution in [0.2, 0.25) is 0 Å². The third-order valence-corrected chi connectivity index (χ3v) is 4.70. The predicted octanol–water partition coefficient (Wildman–Crippen LogP) is 1.98. The van der Waals surface area contributed by atoms with Gasteiger partial charge in [0.2, 0.25) is 11.8 Å². The van der Waals surface area contributed by atoms with Crippen molar-refractivity contribution >= 4 is 34.2 Å². The van der Waals surface area contributed by atoms with Crippen LogP contribution in [0.1, 0.15) is 16.9 Å². The first-order valence-electron chi connectivity index (χ1n) is 8.65. The topological polar surface area (TPSA) is 94.3 Å². The molecule has 2 heterocycles. The number of aromatic amines is 1. The van der Waals surface area contributed by atoms with Gasteiger partial charge in [-0.2, -0.15) is 0 Å². The molecular formula is C20H18N4O3. The molecule has 3 N–H and O–H groups in total. The minimum Gasteiger partial charge on any atom is -0.357 e. The second-order valence-electron chi connectivity index (χ2n) is 6.43. The van der Waals surface area contributed by atoms with Gasteiger partial charge in [-0.05, 0) is 23.6 Å². The lowest BCUT2D eigenvalue weighted by molar-refractivity contribution is -0.126. The number of nitrogens with one attached hydrogen (secondary N) is 3. The molecule has 1 aromatic heterocycles. The Bertz CT molecular complexity index is 1010.